The summed E-state index contributed by atoms with van der Waals surface area (Å²) in [6.07, 6.45) is 6.49. The van der Waals surface area contributed by atoms with E-state index in [1.165, 1.54) is 35.0 Å². The van der Waals surface area contributed by atoms with Gasteiger partial charge in [0, 0.05) is 20.3 Å². The van der Waals surface area contributed by atoms with Gasteiger partial charge in [0.2, 0.25) is 11.8 Å². The van der Waals surface area contributed by atoms with Crippen molar-refractivity contribution in [1.29, 1.82) is 0 Å². The van der Waals surface area contributed by atoms with Crippen molar-refractivity contribution < 1.29 is 19.1 Å². The third-order valence-corrected chi connectivity index (χ3v) is 5.83. The SMILES string of the molecule is COC(=O)N[C@@H](CC/C=C/C(=O)N(C)C)C(=O)Nc1cccn(Cc2nc3ncnc(CC(C)(C)C)c3[nH]2)c1=O. The molecule has 0 aromatic carbocycles. The number of hydrogen-bond acceptors (Lipinski definition) is 8. The highest BCUT2D eigenvalue weighted by molar-refractivity contribution is 5.96. The molecular formula is C27H36N8O5. The predicted octanol–water partition coefficient (Wildman–Crippen LogP) is 2.24. The molecule has 0 radical (unpaired) electrons. The molecule has 3 aromatic rings. The van der Waals surface area contributed by atoms with Gasteiger partial charge in [0.25, 0.3) is 5.56 Å². The maximum atomic E-state index is 13.2. The number of anilines is 1. The first-order valence-corrected chi connectivity index (χ1v) is 12.8. The fourth-order valence-corrected chi connectivity index (χ4v) is 3.84. The summed E-state index contributed by atoms with van der Waals surface area (Å²) < 4.78 is 6.04. The molecule has 0 aliphatic carbocycles. The maximum Gasteiger partial charge on any atom is 0.407 e. The lowest BCUT2D eigenvalue weighted by Gasteiger charge is -2.17. The zero-order valence-electron chi connectivity index (χ0n) is 23.6. The van der Waals surface area contributed by atoms with Gasteiger partial charge in [-0.05, 0) is 42.9 Å². The Morgan fingerprint density at radius 3 is 2.65 bits per heavy atom. The number of carbonyl (C=O) groups is 3. The summed E-state index contributed by atoms with van der Waals surface area (Å²) in [6, 6.07) is 2.10. The molecule has 3 N–H and O–H groups in total. The quantitative estimate of drug-likeness (QED) is 0.322. The molecule has 0 fully saturated rings. The van der Waals surface area contributed by atoms with E-state index < -0.39 is 23.6 Å². The van der Waals surface area contributed by atoms with Crippen LogP contribution < -0.4 is 16.2 Å². The third-order valence-electron chi connectivity index (χ3n) is 5.83. The number of H-pyrrole nitrogens is 1. The van der Waals surface area contributed by atoms with Crippen molar-refractivity contribution in [1.82, 2.24) is 34.7 Å². The number of imidazole rings is 1. The number of rotatable bonds is 10. The van der Waals surface area contributed by atoms with Crippen LogP contribution in [0.3, 0.4) is 0 Å². The topological polar surface area (TPSA) is 164 Å². The Hall–Kier alpha value is -4.55. The molecule has 0 bridgehead atoms. The minimum Gasteiger partial charge on any atom is -0.453 e. The van der Waals surface area contributed by atoms with Gasteiger partial charge in [-0.15, -0.1) is 0 Å². The van der Waals surface area contributed by atoms with Crippen molar-refractivity contribution in [2.75, 3.05) is 26.5 Å². The second kappa shape index (κ2) is 13.0. The summed E-state index contributed by atoms with van der Waals surface area (Å²) in [4.78, 5) is 67.6. The number of aromatic nitrogens is 5. The average molecular weight is 553 g/mol. The van der Waals surface area contributed by atoms with Crippen LogP contribution in [0.4, 0.5) is 10.5 Å². The van der Waals surface area contributed by atoms with Crippen LogP contribution >= 0.6 is 0 Å². The number of likely N-dealkylation sites (N-methyl/N-ethyl adjacent to an activating group) is 1. The minimum atomic E-state index is -1.00. The van der Waals surface area contributed by atoms with Gasteiger partial charge in [-0.3, -0.25) is 14.4 Å². The Morgan fingerprint density at radius 1 is 1.23 bits per heavy atom. The number of carbonyl (C=O) groups excluding carboxylic acids is 3. The van der Waals surface area contributed by atoms with Gasteiger partial charge < -0.3 is 29.8 Å². The number of nitrogens with one attached hydrogen (secondary N) is 3. The Balaban J connectivity index is 1.76. The van der Waals surface area contributed by atoms with E-state index in [1.54, 1.807) is 32.4 Å². The number of pyridine rings is 1. The molecule has 13 heteroatoms. The Labute approximate surface area is 232 Å². The fourth-order valence-electron chi connectivity index (χ4n) is 3.84. The Morgan fingerprint density at radius 2 is 1.98 bits per heavy atom. The summed E-state index contributed by atoms with van der Waals surface area (Å²) in [7, 11) is 4.44. The normalized spacial score (nSPS) is 12.3. The van der Waals surface area contributed by atoms with E-state index in [0.29, 0.717) is 17.9 Å². The van der Waals surface area contributed by atoms with Crippen LogP contribution in [0.1, 0.15) is 45.1 Å². The van der Waals surface area contributed by atoms with Crippen LogP contribution in [-0.4, -0.2) is 74.6 Å². The van der Waals surface area contributed by atoms with Crippen molar-refractivity contribution in [3.8, 4) is 0 Å². The molecule has 0 unspecified atom stereocenters. The Bertz CT molecular complexity index is 1450. The van der Waals surface area contributed by atoms with Crippen molar-refractivity contribution in [3.63, 3.8) is 0 Å². The molecule has 0 aliphatic rings. The first-order chi connectivity index (χ1) is 18.9. The van der Waals surface area contributed by atoms with Gasteiger partial charge in [-0.25, -0.2) is 19.7 Å². The highest BCUT2D eigenvalue weighted by atomic mass is 16.5. The summed E-state index contributed by atoms with van der Waals surface area (Å²) >= 11 is 0. The number of methoxy groups -OCH3 is 1. The number of amides is 3. The van der Waals surface area contributed by atoms with Crippen molar-refractivity contribution in [2.24, 2.45) is 5.41 Å². The van der Waals surface area contributed by atoms with E-state index in [4.69, 9.17) is 0 Å². The second-order valence-electron chi connectivity index (χ2n) is 10.7. The highest BCUT2D eigenvalue weighted by Crippen LogP contribution is 2.23. The van der Waals surface area contributed by atoms with Crippen LogP contribution in [0, 0.1) is 5.41 Å². The third kappa shape index (κ3) is 8.22. The van der Waals surface area contributed by atoms with E-state index in [9.17, 15) is 19.2 Å². The zero-order chi connectivity index (χ0) is 29.4. The molecule has 0 saturated heterocycles. The zero-order valence-corrected chi connectivity index (χ0v) is 23.6. The lowest BCUT2D eigenvalue weighted by Crippen LogP contribution is -2.44. The smallest absolute Gasteiger partial charge is 0.407 e. The minimum absolute atomic E-state index is 0.0105. The molecule has 3 rings (SSSR count). The molecule has 3 aromatic heterocycles. The summed E-state index contributed by atoms with van der Waals surface area (Å²) in [5.41, 5.74) is 1.67. The second-order valence-corrected chi connectivity index (χ2v) is 10.7. The number of alkyl carbamates (subject to hydrolysis) is 1. The van der Waals surface area contributed by atoms with Crippen molar-refractivity contribution >= 4 is 34.8 Å². The maximum absolute atomic E-state index is 13.2. The molecule has 3 amide bonds. The summed E-state index contributed by atoms with van der Waals surface area (Å²) in [6.45, 7) is 6.46. The highest BCUT2D eigenvalue weighted by Gasteiger charge is 2.22. The van der Waals surface area contributed by atoms with Crippen LogP contribution in [0.2, 0.25) is 0 Å². The molecule has 40 heavy (non-hydrogen) atoms. The molecule has 3 heterocycles. The van der Waals surface area contributed by atoms with Crippen molar-refractivity contribution in [3.05, 3.63) is 58.7 Å². The van der Waals surface area contributed by atoms with Gasteiger partial charge in [0.1, 0.15) is 29.4 Å². The number of hydrogen-bond donors (Lipinski definition) is 3. The van der Waals surface area contributed by atoms with Crippen LogP contribution in [-0.2, 0) is 27.3 Å². The largest absolute Gasteiger partial charge is 0.453 e. The standard InChI is InChI=1S/C27H36N8O5/c1-27(2,3)14-19-22-23(29-16-28-19)33-20(32-22)15-35-13-9-11-18(25(35)38)30-24(37)17(31-26(39)40-6)10-7-8-12-21(36)34(4)5/h8-9,11-13,16-17H,7,10,14-15H2,1-6H3,(H,30,37)(H,31,39)(H,28,29,32,33)/b12-8+/t17-/m0/s1. The lowest BCUT2D eigenvalue weighted by atomic mass is 9.90. The fraction of sp³-hybridized carbons (Fsp3) is 0.444. The first-order valence-electron chi connectivity index (χ1n) is 12.8. The first kappa shape index (κ1) is 30.0. The predicted molar refractivity (Wildman–Crippen MR) is 150 cm³/mol. The van der Waals surface area contributed by atoms with Crippen LogP contribution in [0.25, 0.3) is 11.2 Å². The van der Waals surface area contributed by atoms with E-state index >= 15 is 0 Å². The van der Waals surface area contributed by atoms with Crippen LogP contribution in [0.15, 0.2) is 41.6 Å². The van der Waals surface area contributed by atoms with Gasteiger partial charge in [0.15, 0.2) is 5.65 Å². The molecule has 0 spiro atoms. The number of allylic oxidation sites excluding steroid dienone is 1. The number of ether oxygens (including phenoxy) is 1. The monoisotopic (exact) mass is 552 g/mol. The number of fused-ring (bicyclic) bond motifs is 1. The Kier molecular flexibility index (Phi) is 9.75. The summed E-state index contributed by atoms with van der Waals surface area (Å²) in [5.74, 6) is -0.285. The van der Waals surface area contributed by atoms with Gasteiger partial charge in [0.05, 0.1) is 19.3 Å². The number of aromatic amines is 1. The molecule has 0 aliphatic heterocycles. The summed E-state index contributed by atoms with van der Waals surface area (Å²) in [5, 5.41) is 5.07. The molecule has 1 atom stereocenters. The van der Waals surface area contributed by atoms with Crippen LogP contribution in [0.5, 0.6) is 0 Å². The van der Waals surface area contributed by atoms with E-state index in [-0.39, 0.29) is 30.0 Å². The van der Waals surface area contributed by atoms with E-state index in [2.05, 4.69) is 56.1 Å². The average Bonchev–Trinajstić information content (AvgIpc) is 3.30. The molecule has 0 saturated carbocycles. The van der Waals surface area contributed by atoms with Gasteiger partial charge in [-0.1, -0.05) is 26.8 Å². The number of nitrogens with zero attached hydrogens (tertiary/aromatic N) is 5. The molecule has 214 valence electrons. The molecule has 13 nitrogen and oxygen atoms in total. The van der Waals surface area contributed by atoms with E-state index in [1.807, 2.05) is 0 Å². The lowest BCUT2D eigenvalue weighted by molar-refractivity contribution is -0.123. The molecular weight excluding hydrogens is 516 g/mol. The van der Waals surface area contributed by atoms with Gasteiger partial charge in [-0.2, -0.15) is 0 Å². The van der Waals surface area contributed by atoms with Gasteiger partial charge >= 0.3 is 6.09 Å². The van der Waals surface area contributed by atoms with E-state index in [0.717, 1.165) is 17.6 Å². The van der Waals surface area contributed by atoms with Crippen molar-refractivity contribution in [2.45, 2.75) is 52.6 Å².